The van der Waals surface area contributed by atoms with Crippen molar-refractivity contribution in [1.29, 1.82) is 0 Å². The van der Waals surface area contributed by atoms with Gasteiger partial charge in [-0.3, -0.25) is 4.90 Å². The Morgan fingerprint density at radius 2 is 1.80 bits per heavy atom. The van der Waals surface area contributed by atoms with Gasteiger partial charge in [-0.05, 0) is 55.8 Å². The molecule has 0 radical (unpaired) electrons. The lowest BCUT2D eigenvalue weighted by Gasteiger charge is -2.37. The SMILES string of the molecule is Nc1ccc(C2=CC(N3CCCCC3)c3ccc(N)c(N)c3N2)cn1. The number of pyridine rings is 1. The van der Waals surface area contributed by atoms with Crippen molar-refractivity contribution in [1.82, 2.24) is 9.88 Å². The van der Waals surface area contributed by atoms with Crippen LogP contribution in [0.15, 0.2) is 36.5 Å². The zero-order valence-corrected chi connectivity index (χ0v) is 14.2. The van der Waals surface area contributed by atoms with Crippen LogP contribution in [0.4, 0.5) is 22.9 Å². The molecule has 1 atom stereocenters. The van der Waals surface area contributed by atoms with E-state index in [1.807, 2.05) is 18.2 Å². The lowest BCUT2D eigenvalue weighted by Crippen LogP contribution is -2.35. The van der Waals surface area contributed by atoms with E-state index in [0.29, 0.717) is 17.2 Å². The predicted molar refractivity (Wildman–Crippen MR) is 104 cm³/mol. The predicted octanol–water partition coefficient (Wildman–Crippen LogP) is 2.82. The number of nitrogens with two attached hydrogens (primary N) is 3. The van der Waals surface area contributed by atoms with Crippen molar-refractivity contribution in [2.45, 2.75) is 25.3 Å². The summed E-state index contributed by atoms with van der Waals surface area (Å²) in [5.74, 6) is 0.511. The molecule has 3 heterocycles. The summed E-state index contributed by atoms with van der Waals surface area (Å²) in [5, 5.41) is 3.46. The van der Waals surface area contributed by atoms with Gasteiger partial charge in [0.25, 0.3) is 0 Å². The molecule has 1 aromatic heterocycles. The number of piperidine rings is 1. The fraction of sp³-hybridized carbons (Fsp3) is 0.316. The van der Waals surface area contributed by atoms with Gasteiger partial charge in [0.1, 0.15) is 5.82 Å². The number of hydrogen-bond donors (Lipinski definition) is 4. The molecule has 4 rings (SSSR count). The number of fused-ring (bicyclic) bond motifs is 1. The summed E-state index contributed by atoms with van der Waals surface area (Å²) in [6.07, 6.45) is 7.81. The minimum Gasteiger partial charge on any atom is -0.397 e. The van der Waals surface area contributed by atoms with E-state index in [1.165, 1.54) is 24.8 Å². The monoisotopic (exact) mass is 336 g/mol. The van der Waals surface area contributed by atoms with E-state index in [-0.39, 0.29) is 6.04 Å². The van der Waals surface area contributed by atoms with E-state index in [1.54, 1.807) is 6.20 Å². The first-order valence-electron chi connectivity index (χ1n) is 8.76. The Morgan fingerprint density at radius 1 is 1.00 bits per heavy atom. The third-order valence-electron chi connectivity index (χ3n) is 5.10. The zero-order chi connectivity index (χ0) is 17.4. The number of aromatic nitrogens is 1. The topological polar surface area (TPSA) is 106 Å². The molecule has 25 heavy (non-hydrogen) atoms. The number of nitrogens with one attached hydrogen (secondary N) is 1. The minimum atomic E-state index is 0.187. The Morgan fingerprint density at radius 3 is 2.52 bits per heavy atom. The smallest absolute Gasteiger partial charge is 0.123 e. The van der Waals surface area contributed by atoms with E-state index in [2.05, 4.69) is 27.3 Å². The average Bonchev–Trinajstić information content (AvgIpc) is 2.65. The van der Waals surface area contributed by atoms with Crippen LogP contribution in [0.25, 0.3) is 5.70 Å². The van der Waals surface area contributed by atoms with E-state index in [0.717, 1.165) is 30.0 Å². The van der Waals surface area contributed by atoms with E-state index >= 15 is 0 Å². The number of benzene rings is 1. The summed E-state index contributed by atoms with van der Waals surface area (Å²) in [4.78, 5) is 6.73. The molecule has 0 amide bonds. The van der Waals surface area contributed by atoms with Crippen molar-refractivity contribution in [2.24, 2.45) is 0 Å². The number of hydrogen-bond acceptors (Lipinski definition) is 6. The zero-order valence-electron chi connectivity index (χ0n) is 14.2. The molecule has 2 aromatic rings. The number of anilines is 4. The first-order valence-corrected chi connectivity index (χ1v) is 8.76. The molecule has 6 nitrogen and oxygen atoms in total. The Kier molecular flexibility index (Phi) is 3.97. The summed E-state index contributed by atoms with van der Waals surface area (Å²) in [5.41, 5.74) is 23.3. The van der Waals surface area contributed by atoms with Crippen molar-refractivity contribution >= 4 is 28.6 Å². The normalized spacial score (nSPS) is 20.5. The van der Waals surface area contributed by atoms with Crippen molar-refractivity contribution in [3.8, 4) is 0 Å². The molecule has 2 aliphatic heterocycles. The Bertz CT molecular complexity index is 805. The molecule has 130 valence electrons. The molecule has 0 saturated carbocycles. The second-order valence-corrected chi connectivity index (χ2v) is 6.75. The lowest BCUT2D eigenvalue weighted by atomic mass is 9.93. The molecule has 1 aromatic carbocycles. The minimum absolute atomic E-state index is 0.187. The molecule has 1 unspecified atom stereocenters. The van der Waals surface area contributed by atoms with Crippen LogP contribution < -0.4 is 22.5 Å². The second-order valence-electron chi connectivity index (χ2n) is 6.75. The third kappa shape index (κ3) is 2.89. The summed E-state index contributed by atoms with van der Waals surface area (Å²) < 4.78 is 0. The summed E-state index contributed by atoms with van der Waals surface area (Å²) in [6, 6.07) is 7.96. The maximum Gasteiger partial charge on any atom is 0.123 e. The average molecular weight is 336 g/mol. The fourth-order valence-corrected chi connectivity index (χ4v) is 3.69. The van der Waals surface area contributed by atoms with Gasteiger partial charge < -0.3 is 22.5 Å². The Hall–Kier alpha value is -2.73. The van der Waals surface area contributed by atoms with Crippen LogP contribution in [0.2, 0.25) is 0 Å². The summed E-state index contributed by atoms with van der Waals surface area (Å²) >= 11 is 0. The van der Waals surface area contributed by atoms with Gasteiger partial charge in [-0.1, -0.05) is 12.5 Å². The van der Waals surface area contributed by atoms with E-state index in [4.69, 9.17) is 17.2 Å². The van der Waals surface area contributed by atoms with Crippen molar-refractivity contribution in [3.05, 3.63) is 47.7 Å². The molecule has 0 spiro atoms. The highest BCUT2D eigenvalue weighted by Gasteiger charge is 2.28. The van der Waals surface area contributed by atoms with Gasteiger partial charge in [0.05, 0.1) is 23.1 Å². The third-order valence-corrected chi connectivity index (χ3v) is 5.10. The van der Waals surface area contributed by atoms with Crippen molar-refractivity contribution in [2.75, 3.05) is 35.6 Å². The first-order chi connectivity index (χ1) is 12.1. The first kappa shape index (κ1) is 15.8. The molecule has 0 bridgehead atoms. The van der Waals surface area contributed by atoms with Gasteiger partial charge in [-0.15, -0.1) is 0 Å². The Balaban J connectivity index is 1.79. The maximum absolute atomic E-state index is 6.29. The van der Waals surface area contributed by atoms with Gasteiger partial charge in [-0.25, -0.2) is 4.98 Å². The van der Waals surface area contributed by atoms with Gasteiger partial charge in [0, 0.05) is 17.5 Å². The van der Waals surface area contributed by atoms with Gasteiger partial charge in [-0.2, -0.15) is 0 Å². The number of rotatable bonds is 2. The van der Waals surface area contributed by atoms with Crippen LogP contribution in [0.1, 0.15) is 36.4 Å². The molecule has 1 fully saturated rings. The van der Waals surface area contributed by atoms with E-state index in [9.17, 15) is 0 Å². The molecule has 7 N–H and O–H groups in total. The fourth-order valence-electron chi connectivity index (χ4n) is 3.69. The standard InChI is InChI=1S/C19H24N6/c20-14-6-5-13-16(25-8-2-1-3-9-25)10-15(24-19(13)18(14)22)12-4-7-17(21)23-11-12/h4-7,10-11,16,24H,1-3,8-9,20,22H2,(H2,21,23). The van der Waals surface area contributed by atoms with Crippen LogP contribution in [0, 0.1) is 0 Å². The number of nitrogens with zero attached hydrogens (tertiary/aromatic N) is 2. The molecule has 6 heteroatoms. The molecule has 1 saturated heterocycles. The number of nitrogen functional groups attached to an aromatic ring is 3. The molecule has 0 aliphatic carbocycles. The van der Waals surface area contributed by atoms with Crippen LogP contribution in [-0.4, -0.2) is 23.0 Å². The van der Waals surface area contributed by atoms with Crippen LogP contribution >= 0.6 is 0 Å². The highest BCUT2D eigenvalue weighted by molar-refractivity contribution is 5.91. The van der Waals surface area contributed by atoms with Crippen LogP contribution in [0.5, 0.6) is 0 Å². The van der Waals surface area contributed by atoms with Crippen LogP contribution in [-0.2, 0) is 0 Å². The van der Waals surface area contributed by atoms with Gasteiger partial charge in [0.2, 0.25) is 0 Å². The largest absolute Gasteiger partial charge is 0.397 e. The second kappa shape index (κ2) is 6.29. The summed E-state index contributed by atoms with van der Waals surface area (Å²) in [7, 11) is 0. The van der Waals surface area contributed by atoms with E-state index < -0.39 is 0 Å². The number of likely N-dealkylation sites (tertiary alicyclic amines) is 1. The quantitative estimate of drug-likeness (QED) is 0.628. The highest BCUT2D eigenvalue weighted by atomic mass is 15.2. The lowest BCUT2D eigenvalue weighted by molar-refractivity contribution is 0.192. The molecular formula is C19H24N6. The van der Waals surface area contributed by atoms with Gasteiger partial charge >= 0.3 is 0 Å². The van der Waals surface area contributed by atoms with Crippen molar-refractivity contribution < 1.29 is 0 Å². The Labute approximate surface area is 147 Å². The van der Waals surface area contributed by atoms with Crippen LogP contribution in [0.3, 0.4) is 0 Å². The summed E-state index contributed by atoms with van der Waals surface area (Å²) in [6.45, 7) is 2.19. The molecule has 2 aliphatic rings. The maximum atomic E-state index is 6.29. The van der Waals surface area contributed by atoms with Crippen molar-refractivity contribution in [3.63, 3.8) is 0 Å². The molecular weight excluding hydrogens is 312 g/mol. The highest BCUT2D eigenvalue weighted by Crippen LogP contribution is 2.43. The van der Waals surface area contributed by atoms with Gasteiger partial charge in [0.15, 0.2) is 0 Å².